The monoisotopic (exact) mass is 351 g/mol. The van der Waals surface area contributed by atoms with E-state index in [1.165, 1.54) is 4.90 Å². The van der Waals surface area contributed by atoms with Crippen molar-refractivity contribution in [2.45, 2.75) is 19.4 Å². The Hall–Kier alpha value is -1.96. The summed E-state index contributed by atoms with van der Waals surface area (Å²) < 4.78 is 10.6. The molecule has 2 rings (SSSR count). The SMILES string of the molecule is CCOc1ccc(C(=O)C[C@H]([NH2+]CC[NH+]2CCOCC2)C(=O)[O-])cc1. The molecule has 3 N–H and O–H groups in total. The van der Waals surface area contributed by atoms with E-state index in [2.05, 4.69) is 0 Å². The Bertz CT molecular complexity index is 555. The van der Waals surface area contributed by atoms with Crippen LogP contribution in [0.25, 0.3) is 0 Å². The third-order valence-corrected chi connectivity index (χ3v) is 4.34. The molecule has 0 bridgehead atoms. The number of morpholine rings is 1. The van der Waals surface area contributed by atoms with Crippen molar-refractivity contribution in [3.05, 3.63) is 29.8 Å². The molecule has 1 aliphatic heterocycles. The van der Waals surface area contributed by atoms with Crippen molar-refractivity contribution in [2.75, 3.05) is 46.0 Å². The number of quaternary nitrogens is 2. The van der Waals surface area contributed by atoms with Crippen LogP contribution in [0.15, 0.2) is 24.3 Å². The highest BCUT2D eigenvalue weighted by Gasteiger charge is 2.21. The molecule has 7 heteroatoms. The smallest absolute Gasteiger partial charge is 0.169 e. The van der Waals surface area contributed by atoms with Gasteiger partial charge in [-0.2, -0.15) is 0 Å². The van der Waals surface area contributed by atoms with Crippen molar-refractivity contribution < 1.29 is 34.4 Å². The number of nitrogens with one attached hydrogen (secondary N) is 1. The minimum Gasteiger partial charge on any atom is -0.544 e. The van der Waals surface area contributed by atoms with Gasteiger partial charge < -0.3 is 29.6 Å². The Balaban J connectivity index is 1.82. The lowest BCUT2D eigenvalue weighted by Gasteiger charge is -2.24. The Kier molecular flexibility index (Phi) is 7.84. The van der Waals surface area contributed by atoms with Gasteiger partial charge >= 0.3 is 0 Å². The fourth-order valence-corrected chi connectivity index (χ4v) is 2.88. The number of carboxylic acid groups (broad SMARTS) is 1. The molecule has 7 nitrogen and oxygen atoms in total. The van der Waals surface area contributed by atoms with Gasteiger partial charge in [-0.3, -0.25) is 4.79 Å². The van der Waals surface area contributed by atoms with Gasteiger partial charge in [0.05, 0.1) is 32.2 Å². The maximum Gasteiger partial charge on any atom is 0.169 e. The molecule has 25 heavy (non-hydrogen) atoms. The van der Waals surface area contributed by atoms with E-state index in [0.717, 1.165) is 32.8 Å². The molecule has 1 aliphatic rings. The van der Waals surface area contributed by atoms with E-state index in [-0.39, 0.29) is 12.2 Å². The topological polar surface area (TPSA) is 96.7 Å². The van der Waals surface area contributed by atoms with Gasteiger partial charge in [0.25, 0.3) is 0 Å². The zero-order chi connectivity index (χ0) is 18.1. The van der Waals surface area contributed by atoms with E-state index in [1.54, 1.807) is 29.6 Å². The third kappa shape index (κ3) is 6.45. The minimum atomic E-state index is -1.20. The van der Waals surface area contributed by atoms with Crippen molar-refractivity contribution in [3.63, 3.8) is 0 Å². The van der Waals surface area contributed by atoms with E-state index in [4.69, 9.17) is 9.47 Å². The molecule has 0 spiro atoms. The molecule has 1 saturated heterocycles. The normalized spacial score (nSPS) is 16.4. The molecule has 0 amide bonds. The number of carboxylic acids is 1. The van der Waals surface area contributed by atoms with Gasteiger partial charge in [0.1, 0.15) is 38.0 Å². The van der Waals surface area contributed by atoms with Crippen LogP contribution in [0.2, 0.25) is 0 Å². The van der Waals surface area contributed by atoms with Crippen LogP contribution < -0.4 is 20.1 Å². The van der Waals surface area contributed by atoms with Crippen LogP contribution >= 0.6 is 0 Å². The summed E-state index contributed by atoms with van der Waals surface area (Å²) in [5.74, 6) is -0.709. The quantitative estimate of drug-likeness (QED) is 0.446. The van der Waals surface area contributed by atoms with Crippen molar-refractivity contribution in [2.24, 2.45) is 0 Å². The summed E-state index contributed by atoms with van der Waals surface area (Å²) in [7, 11) is 0. The number of rotatable bonds is 10. The first-order valence-electron chi connectivity index (χ1n) is 8.81. The first-order valence-corrected chi connectivity index (χ1v) is 8.81. The van der Waals surface area contributed by atoms with Crippen LogP contribution in [-0.2, 0) is 9.53 Å². The van der Waals surface area contributed by atoms with Gasteiger partial charge in [0, 0.05) is 5.56 Å². The van der Waals surface area contributed by atoms with Crippen LogP contribution in [0.3, 0.4) is 0 Å². The molecule has 1 aromatic carbocycles. The minimum absolute atomic E-state index is 0.0746. The molecule has 0 radical (unpaired) electrons. The third-order valence-electron chi connectivity index (χ3n) is 4.34. The van der Waals surface area contributed by atoms with E-state index in [9.17, 15) is 14.7 Å². The second-order valence-electron chi connectivity index (χ2n) is 6.15. The number of ketones is 1. The number of carbonyl (C=O) groups excluding carboxylic acids is 2. The largest absolute Gasteiger partial charge is 0.544 e. The highest BCUT2D eigenvalue weighted by Crippen LogP contribution is 2.13. The van der Waals surface area contributed by atoms with E-state index < -0.39 is 12.0 Å². The summed E-state index contributed by atoms with van der Waals surface area (Å²) in [5.41, 5.74) is 0.488. The van der Waals surface area contributed by atoms with Crippen LogP contribution in [0.5, 0.6) is 5.75 Å². The van der Waals surface area contributed by atoms with Crippen molar-refractivity contribution in [1.29, 1.82) is 0 Å². The van der Waals surface area contributed by atoms with Gasteiger partial charge in [-0.25, -0.2) is 0 Å². The zero-order valence-electron chi connectivity index (χ0n) is 14.7. The standard InChI is InChI=1S/C18H26N2O5/c1-2-25-15-5-3-14(4-6-15)17(21)13-16(18(22)23)19-7-8-20-9-11-24-12-10-20/h3-6,16,19H,2,7-13H2,1H3,(H,22,23)/p+1/t16-/m0/s1. The van der Waals surface area contributed by atoms with Crippen LogP contribution in [0.4, 0.5) is 0 Å². The molecule has 0 unspecified atom stereocenters. The first-order chi connectivity index (χ1) is 12.1. The predicted molar refractivity (Wildman–Crippen MR) is 88.5 cm³/mol. The number of hydrogen-bond donors (Lipinski definition) is 2. The van der Waals surface area contributed by atoms with Gasteiger partial charge in [0.2, 0.25) is 0 Å². The summed E-state index contributed by atoms with van der Waals surface area (Å²) >= 11 is 0. The zero-order valence-corrected chi connectivity index (χ0v) is 14.7. The Morgan fingerprint density at radius 2 is 1.96 bits per heavy atom. The van der Waals surface area contributed by atoms with Crippen LogP contribution in [0, 0.1) is 0 Å². The molecule has 1 heterocycles. The predicted octanol–water partition coefficient (Wildman–Crippen LogP) is -2.74. The molecule has 1 atom stereocenters. The first kappa shape index (κ1) is 19.4. The van der Waals surface area contributed by atoms with E-state index >= 15 is 0 Å². The molecule has 0 aromatic heterocycles. The summed E-state index contributed by atoms with van der Waals surface area (Å²) in [6, 6.07) is 5.90. The van der Waals surface area contributed by atoms with Gasteiger partial charge in [-0.1, -0.05) is 0 Å². The fourth-order valence-electron chi connectivity index (χ4n) is 2.88. The maximum absolute atomic E-state index is 12.3. The molecule has 0 aliphatic carbocycles. The number of aliphatic carboxylic acids is 1. The highest BCUT2D eigenvalue weighted by molar-refractivity contribution is 5.98. The summed E-state index contributed by atoms with van der Waals surface area (Å²) in [6.45, 7) is 7.31. The van der Waals surface area contributed by atoms with Crippen LogP contribution in [-0.4, -0.2) is 63.8 Å². The number of Topliss-reactive ketones (excluding diaryl/α,β-unsaturated/α-hetero) is 1. The Morgan fingerprint density at radius 3 is 2.56 bits per heavy atom. The Morgan fingerprint density at radius 1 is 1.28 bits per heavy atom. The lowest BCUT2D eigenvalue weighted by Crippen LogP contribution is -3.16. The number of benzene rings is 1. The summed E-state index contributed by atoms with van der Waals surface area (Å²) in [5, 5.41) is 13.0. The molecular formula is C18H27N2O5+. The second kappa shape index (κ2) is 10.1. The van der Waals surface area contributed by atoms with Gasteiger partial charge in [-0.15, -0.1) is 0 Å². The number of hydrogen-bond acceptors (Lipinski definition) is 5. The highest BCUT2D eigenvalue weighted by atomic mass is 16.5. The summed E-state index contributed by atoms with van der Waals surface area (Å²) in [4.78, 5) is 25.1. The number of ether oxygens (including phenoxy) is 2. The van der Waals surface area contributed by atoms with E-state index in [1.807, 2.05) is 6.92 Å². The van der Waals surface area contributed by atoms with E-state index in [0.29, 0.717) is 24.5 Å². The maximum atomic E-state index is 12.3. The van der Waals surface area contributed by atoms with Crippen molar-refractivity contribution >= 4 is 11.8 Å². The lowest BCUT2D eigenvalue weighted by atomic mass is 10.0. The van der Waals surface area contributed by atoms with Crippen molar-refractivity contribution in [3.8, 4) is 5.75 Å². The van der Waals surface area contributed by atoms with Crippen LogP contribution in [0.1, 0.15) is 23.7 Å². The lowest BCUT2D eigenvalue weighted by molar-refractivity contribution is -0.920. The summed E-state index contributed by atoms with van der Waals surface area (Å²) in [6.07, 6.45) is -0.0746. The van der Waals surface area contributed by atoms with Gasteiger partial charge in [-0.05, 0) is 31.2 Å². The second-order valence-corrected chi connectivity index (χ2v) is 6.15. The molecule has 1 fully saturated rings. The average Bonchev–Trinajstić information content (AvgIpc) is 2.62. The van der Waals surface area contributed by atoms with Gasteiger partial charge in [0.15, 0.2) is 5.78 Å². The average molecular weight is 351 g/mol. The molecule has 138 valence electrons. The molecule has 0 saturated carbocycles. The van der Waals surface area contributed by atoms with Crippen molar-refractivity contribution in [1.82, 2.24) is 0 Å². The number of carbonyl (C=O) groups is 2. The number of nitrogens with two attached hydrogens (primary N) is 1. The Labute approximate surface area is 147 Å². The molecule has 1 aromatic rings. The molecular weight excluding hydrogens is 324 g/mol. The fraction of sp³-hybridized carbons (Fsp3) is 0.556.